The van der Waals surface area contributed by atoms with Gasteiger partial charge >= 0.3 is 5.97 Å². The van der Waals surface area contributed by atoms with Gasteiger partial charge in [0.1, 0.15) is 17.0 Å². The molecule has 0 aromatic heterocycles. The van der Waals surface area contributed by atoms with Crippen molar-refractivity contribution in [1.82, 2.24) is 0 Å². The van der Waals surface area contributed by atoms with E-state index in [-0.39, 0.29) is 17.1 Å². The predicted octanol–water partition coefficient (Wildman–Crippen LogP) is 3.22. The van der Waals surface area contributed by atoms with Crippen LogP contribution in [0.1, 0.15) is 26.2 Å². The third-order valence-corrected chi connectivity index (χ3v) is 4.27. The molecule has 1 aromatic rings. The minimum absolute atomic E-state index is 0.0492. The molecule has 21 heavy (non-hydrogen) atoms. The molecule has 0 saturated carbocycles. The number of aliphatic carboxylic acids is 1. The molecule has 1 fully saturated rings. The van der Waals surface area contributed by atoms with Crippen LogP contribution in [0.15, 0.2) is 12.1 Å². The summed E-state index contributed by atoms with van der Waals surface area (Å²) in [7, 11) is 0. The largest absolute Gasteiger partial charge is 0.479 e. The first-order valence-corrected chi connectivity index (χ1v) is 6.85. The smallest absolute Gasteiger partial charge is 0.329 e. The number of halogens is 2. The molecule has 8 heteroatoms. The normalized spacial score (nSPS) is 21.6. The fourth-order valence-electron chi connectivity index (χ4n) is 2.86. The van der Waals surface area contributed by atoms with Crippen LogP contribution in [-0.4, -0.2) is 28.1 Å². The third kappa shape index (κ3) is 2.42. The highest BCUT2D eigenvalue weighted by molar-refractivity contribution is 6.31. The Morgan fingerprint density at radius 1 is 1.62 bits per heavy atom. The van der Waals surface area contributed by atoms with Crippen molar-refractivity contribution in [3.05, 3.63) is 33.1 Å². The zero-order valence-electron chi connectivity index (χ0n) is 11.3. The molecule has 1 saturated heterocycles. The summed E-state index contributed by atoms with van der Waals surface area (Å²) in [6.07, 6.45) is 1.26. The number of nitro benzene ring substituents is 1. The molecular weight excluding hydrogens is 303 g/mol. The molecule has 0 bridgehead atoms. The molecule has 1 aliphatic rings. The summed E-state index contributed by atoms with van der Waals surface area (Å²) >= 11 is 5.71. The van der Waals surface area contributed by atoms with Crippen LogP contribution in [-0.2, 0) is 4.79 Å². The van der Waals surface area contributed by atoms with Crippen molar-refractivity contribution in [2.45, 2.75) is 31.7 Å². The minimum Gasteiger partial charge on any atom is -0.479 e. The van der Waals surface area contributed by atoms with Crippen LogP contribution in [0.5, 0.6) is 0 Å². The number of rotatable bonds is 4. The van der Waals surface area contributed by atoms with Crippen LogP contribution in [0.4, 0.5) is 15.8 Å². The molecule has 1 atom stereocenters. The Labute approximate surface area is 125 Å². The Morgan fingerprint density at radius 3 is 2.81 bits per heavy atom. The maximum absolute atomic E-state index is 13.5. The van der Waals surface area contributed by atoms with Gasteiger partial charge in [0.2, 0.25) is 0 Å². The number of nitrogens with zero attached hydrogens (tertiary/aromatic N) is 2. The van der Waals surface area contributed by atoms with Gasteiger partial charge in [-0.3, -0.25) is 10.1 Å². The van der Waals surface area contributed by atoms with Gasteiger partial charge in [-0.05, 0) is 25.3 Å². The van der Waals surface area contributed by atoms with Gasteiger partial charge in [-0.25, -0.2) is 9.18 Å². The van der Waals surface area contributed by atoms with Crippen molar-refractivity contribution in [3.8, 4) is 0 Å². The van der Waals surface area contributed by atoms with Crippen LogP contribution in [0.2, 0.25) is 5.02 Å². The number of carboxylic acid groups (broad SMARTS) is 1. The molecule has 0 spiro atoms. The Balaban J connectivity index is 2.62. The van der Waals surface area contributed by atoms with Crippen molar-refractivity contribution in [2.24, 2.45) is 0 Å². The maximum atomic E-state index is 13.5. The second kappa shape index (κ2) is 5.48. The summed E-state index contributed by atoms with van der Waals surface area (Å²) in [5, 5.41) is 20.4. The third-order valence-electron chi connectivity index (χ3n) is 3.98. The number of hydrogen-bond acceptors (Lipinski definition) is 4. The van der Waals surface area contributed by atoms with E-state index in [1.807, 2.05) is 0 Å². The van der Waals surface area contributed by atoms with E-state index < -0.39 is 27.9 Å². The van der Waals surface area contributed by atoms with Gasteiger partial charge < -0.3 is 10.0 Å². The molecular formula is C13H14ClFN2O4. The number of benzene rings is 1. The average Bonchev–Trinajstić information content (AvgIpc) is 2.86. The van der Waals surface area contributed by atoms with Crippen LogP contribution < -0.4 is 4.90 Å². The lowest BCUT2D eigenvalue weighted by atomic mass is 9.92. The highest BCUT2D eigenvalue weighted by Crippen LogP contribution is 2.42. The predicted molar refractivity (Wildman–Crippen MR) is 75.3 cm³/mol. The van der Waals surface area contributed by atoms with Crippen LogP contribution >= 0.6 is 11.6 Å². The Kier molecular flexibility index (Phi) is 4.04. The first kappa shape index (κ1) is 15.5. The molecule has 0 radical (unpaired) electrons. The summed E-state index contributed by atoms with van der Waals surface area (Å²) < 4.78 is 13.5. The first-order valence-electron chi connectivity index (χ1n) is 6.48. The standard InChI is InChI=1S/C13H14ClFN2O4/c1-2-13(12(18)19)4-3-5-16(13)10-6-8(14)9(15)7-11(10)17(20)21/h6-7H,2-5H2,1H3,(H,18,19). The summed E-state index contributed by atoms with van der Waals surface area (Å²) in [4.78, 5) is 23.5. The molecule has 6 nitrogen and oxygen atoms in total. The van der Waals surface area contributed by atoms with E-state index in [1.165, 1.54) is 4.90 Å². The average molecular weight is 317 g/mol. The monoisotopic (exact) mass is 316 g/mol. The van der Waals surface area contributed by atoms with E-state index in [1.54, 1.807) is 6.92 Å². The maximum Gasteiger partial charge on any atom is 0.329 e. The van der Waals surface area contributed by atoms with Crippen LogP contribution in [0, 0.1) is 15.9 Å². The topological polar surface area (TPSA) is 83.7 Å². The fraction of sp³-hybridized carbons (Fsp3) is 0.462. The molecule has 0 aliphatic carbocycles. The van der Waals surface area contributed by atoms with E-state index in [4.69, 9.17) is 11.6 Å². The molecule has 114 valence electrons. The van der Waals surface area contributed by atoms with Crippen LogP contribution in [0.3, 0.4) is 0 Å². The van der Waals surface area contributed by atoms with Crippen molar-refractivity contribution < 1.29 is 19.2 Å². The number of nitro groups is 1. The summed E-state index contributed by atoms with van der Waals surface area (Å²) in [5.74, 6) is -1.94. The Bertz CT molecular complexity index is 610. The molecule has 1 aromatic carbocycles. The first-order chi connectivity index (χ1) is 9.83. The second-order valence-electron chi connectivity index (χ2n) is 4.96. The SMILES string of the molecule is CCC1(C(=O)O)CCCN1c1cc(Cl)c(F)cc1[N+](=O)[O-]. The molecule has 1 unspecified atom stereocenters. The Hall–Kier alpha value is -1.89. The van der Waals surface area contributed by atoms with Gasteiger partial charge in [0.25, 0.3) is 5.69 Å². The summed E-state index contributed by atoms with van der Waals surface area (Å²) in [6, 6.07) is 1.87. The second-order valence-corrected chi connectivity index (χ2v) is 5.36. The van der Waals surface area contributed by atoms with E-state index in [0.717, 1.165) is 12.1 Å². The van der Waals surface area contributed by atoms with E-state index >= 15 is 0 Å². The number of hydrogen-bond donors (Lipinski definition) is 1. The zero-order valence-corrected chi connectivity index (χ0v) is 12.1. The minimum atomic E-state index is -1.22. The highest BCUT2D eigenvalue weighted by atomic mass is 35.5. The van der Waals surface area contributed by atoms with Crippen molar-refractivity contribution in [2.75, 3.05) is 11.4 Å². The molecule has 2 rings (SSSR count). The molecule has 1 aliphatic heterocycles. The lowest BCUT2D eigenvalue weighted by Crippen LogP contribution is -2.50. The summed E-state index contributed by atoms with van der Waals surface area (Å²) in [5.41, 5.74) is -1.64. The van der Waals surface area contributed by atoms with Gasteiger partial charge in [-0.2, -0.15) is 0 Å². The summed E-state index contributed by atoms with van der Waals surface area (Å²) in [6.45, 7) is 2.06. The zero-order chi connectivity index (χ0) is 15.8. The van der Waals surface area contributed by atoms with Gasteiger partial charge in [0, 0.05) is 6.54 Å². The van der Waals surface area contributed by atoms with Crippen LogP contribution in [0.25, 0.3) is 0 Å². The number of carbonyl (C=O) groups is 1. The van der Waals surface area contributed by atoms with Gasteiger partial charge in [-0.1, -0.05) is 18.5 Å². The number of anilines is 1. The fourth-order valence-corrected chi connectivity index (χ4v) is 3.02. The molecule has 0 amide bonds. The number of carboxylic acids is 1. The molecule has 1 N–H and O–H groups in total. The van der Waals surface area contributed by atoms with E-state index in [0.29, 0.717) is 19.4 Å². The van der Waals surface area contributed by atoms with Crippen molar-refractivity contribution >= 4 is 28.9 Å². The molecule has 1 heterocycles. The quantitative estimate of drug-likeness (QED) is 0.681. The van der Waals surface area contributed by atoms with Gasteiger partial charge in [0.05, 0.1) is 16.0 Å². The van der Waals surface area contributed by atoms with Gasteiger partial charge in [-0.15, -0.1) is 0 Å². The van der Waals surface area contributed by atoms with Gasteiger partial charge in [0.15, 0.2) is 0 Å². The lowest BCUT2D eigenvalue weighted by Gasteiger charge is -2.35. The van der Waals surface area contributed by atoms with E-state index in [9.17, 15) is 24.4 Å². The van der Waals surface area contributed by atoms with Crippen molar-refractivity contribution in [3.63, 3.8) is 0 Å². The highest BCUT2D eigenvalue weighted by Gasteiger charge is 2.48. The lowest BCUT2D eigenvalue weighted by molar-refractivity contribution is -0.384. The Morgan fingerprint density at radius 2 is 2.29 bits per heavy atom. The van der Waals surface area contributed by atoms with Crippen molar-refractivity contribution in [1.29, 1.82) is 0 Å². The van der Waals surface area contributed by atoms with E-state index in [2.05, 4.69) is 0 Å².